The Kier molecular flexibility index (Phi) is 2.17. The normalized spacial score (nSPS) is 36.4. The molecule has 3 heteroatoms. The molecule has 0 N–H and O–H groups in total. The van der Waals surface area contributed by atoms with E-state index in [0.717, 1.165) is 25.7 Å². The van der Waals surface area contributed by atoms with Crippen LogP contribution in [0, 0.1) is 11.3 Å². The summed E-state index contributed by atoms with van der Waals surface area (Å²) in [4.78, 5) is 23.1. The molecule has 2 fully saturated rings. The number of rotatable bonds is 2. The van der Waals surface area contributed by atoms with Crippen molar-refractivity contribution >= 4 is 11.9 Å². The summed E-state index contributed by atoms with van der Waals surface area (Å²) >= 11 is 0. The second-order valence-corrected chi connectivity index (χ2v) is 4.16. The van der Waals surface area contributed by atoms with Gasteiger partial charge in [0.1, 0.15) is 0 Å². The maximum Gasteiger partial charge on any atom is 0.320 e. The zero-order valence-corrected chi connectivity index (χ0v) is 8.12. The lowest BCUT2D eigenvalue weighted by molar-refractivity contribution is -0.155. The van der Waals surface area contributed by atoms with E-state index in [0.29, 0.717) is 6.42 Å². The average Bonchev–Trinajstić information content (AvgIpc) is 2.41. The standard InChI is InChI=1S/C11H14O3/c1-2-6-11-7-4-3-5-8(11)9(12)14-10(11)13/h2,8H,1,3-7H2. The third-order valence-electron chi connectivity index (χ3n) is 3.43. The van der Waals surface area contributed by atoms with E-state index in [-0.39, 0.29) is 17.9 Å². The van der Waals surface area contributed by atoms with E-state index in [1.807, 2.05) is 0 Å². The highest BCUT2D eigenvalue weighted by molar-refractivity contribution is 5.99. The van der Waals surface area contributed by atoms with E-state index in [4.69, 9.17) is 4.74 Å². The average molecular weight is 194 g/mol. The molecule has 0 aromatic carbocycles. The molecule has 1 saturated carbocycles. The smallest absolute Gasteiger partial charge is 0.320 e. The van der Waals surface area contributed by atoms with Crippen LogP contribution < -0.4 is 0 Å². The summed E-state index contributed by atoms with van der Waals surface area (Å²) in [6.45, 7) is 3.65. The molecule has 0 aromatic heterocycles. The van der Waals surface area contributed by atoms with Gasteiger partial charge < -0.3 is 4.74 Å². The molecule has 0 bridgehead atoms. The van der Waals surface area contributed by atoms with Crippen molar-refractivity contribution in [1.29, 1.82) is 0 Å². The quantitative estimate of drug-likeness (QED) is 0.382. The molecule has 1 aliphatic heterocycles. The van der Waals surface area contributed by atoms with Crippen LogP contribution >= 0.6 is 0 Å². The summed E-state index contributed by atoms with van der Waals surface area (Å²) in [6, 6.07) is 0. The molecule has 2 unspecified atom stereocenters. The molecule has 76 valence electrons. The van der Waals surface area contributed by atoms with Crippen molar-refractivity contribution in [3.63, 3.8) is 0 Å². The van der Waals surface area contributed by atoms with Crippen molar-refractivity contribution in [2.24, 2.45) is 11.3 Å². The van der Waals surface area contributed by atoms with Crippen LogP contribution in [0.5, 0.6) is 0 Å². The Bertz CT molecular complexity index is 295. The molecule has 0 aromatic rings. The van der Waals surface area contributed by atoms with Gasteiger partial charge in [-0.3, -0.25) is 9.59 Å². The summed E-state index contributed by atoms with van der Waals surface area (Å²) < 4.78 is 4.74. The monoisotopic (exact) mass is 194 g/mol. The Hall–Kier alpha value is -1.12. The lowest BCUT2D eigenvalue weighted by Gasteiger charge is -2.32. The van der Waals surface area contributed by atoms with Crippen LogP contribution in [0.2, 0.25) is 0 Å². The second kappa shape index (κ2) is 3.23. The van der Waals surface area contributed by atoms with E-state index >= 15 is 0 Å². The molecule has 2 rings (SSSR count). The molecule has 14 heavy (non-hydrogen) atoms. The van der Waals surface area contributed by atoms with E-state index in [1.54, 1.807) is 6.08 Å². The first-order valence-electron chi connectivity index (χ1n) is 5.08. The van der Waals surface area contributed by atoms with Crippen LogP contribution in [0.4, 0.5) is 0 Å². The Balaban J connectivity index is 2.34. The molecule has 2 atom stereocenters. The predicted molar refractivity (Wildman–Crippen MR) is 50.3 cm³/mol. The van der Waals surface area contributed by atoms with Crippen molar-refractivity contribution in [3.05, 3.63) is 12.7 Å². The van der Waals surface area contributed by atoms with Gasteiger partial charge in [-0.05, 0) is 19.3 Å². The van der Waals surface area contributed by atoms with Crippen molar-refractivity contribution in [2.75, 3.05) is 0 Å². The van der Waals surface area contributed by atoms with E-state index < -0.39 is 5.41 Å². The van der Waals surface area contributed by atoms with Crippen molar-refractivity contribution < 1.29 is 14.3 Å². The number of fused-ring (bicyclic) bond motifs is 1. The van der Waals surface area contributed by atoms with Crippen LogP contribution in [0.3, 0.4) is 0 Å². The summed E-state index contributed by atoms with van der Waals surface area (Å²) in [5.41, 5.74) is -0.558. The van der Waals surface area contributed by atoms with Gasteiger partial charge in [-0.15, -0.1) is 6.58 Å². The first kappa shape index (κ1) is 9.44. The fraction of sp³-hybridized carbons (Fsp3) is 0.636. The molecule has 0 radical (unpaired) electrons. The molecule has 0 amide bonds. The number of cyclic esters (lactones) is 2. The Morgan fingerprint density at radius 1 is 1.50 bits per heavy atom. The van der Waals surface area contributed by atoms with Crippen LogP contribution in [0.1, 0.15) is 32.1 Å². The SMILES string of the molecule is C=CCC12CCCCC1C(=O)OC2=O. The molecular weight excluding hydrogens is 180 g/mol. The third kappa shape index (κ3) is 1.11. The number of carbonyl (C=O) groups excluding carboxylic acids is 2. The summed E-state index contributed by atoms with van der Waals surface area (Å²) in [5.74, 6) is -0.856. The molecule has 0 spiro atoms. The lowest BCUT2D eigenvalue weighted by Crippen LogP contribution is -2.36. The number of carbonyl (C=O) groups is 2. The summed E-state index contributed by atoms with van der Waals surface area (Å²) in [6.07, 6.45) is 5.88. The van der Waals surface area contributed by atoms with Gasteiger partial charge in [-0.25, -0.2) is 0 Å². The van der Waals surface area contributed by atoms with Crippen LogP contribution in [0.25, 0.3) is 0 Å². The molecule has 1 heterocycles. The number of esters is 2. The van der Waals surface area contributed by atoms with Crippen LogP contribution in [0.15, 0.2) is 12.7 Å². The first-order valence-corrected chi connectivity index (χ1v) is 5.08. The van der Waals surface area contributed by atoms with Crippen molar-refractivity contribution in [2.45, 2.75) is 32.1 Å². The Morgan fingerprint density at radius 3 is 3.00 bits per heavy atom. The molecular formula is C11H14O3. The molecule has 3 nitrogen and oxygen atoms in total. The van der Waals surface area contributed by atoms with E-state index in [2.05, 4.69) is 6.58 Å². The number of hydrogen-bond acceptors (Lipinski definition) is 3. The summed E-state index contributed by atoms with van der Waals surface area (Å²) in [7, 11) is 0. The zero-order valence-electron chi connectivity index (χ0n) is 8.12. The van der Waals surface area contributed by atoms with Gasteiger partial charge in [0.25, 0.3) is 0 Å². The molecule has 2 aliphatic rings. The van der Waals surface area contributed by atoms with Gasteiger partial charge in [0.2, 0.25) is 0 Å². The Morgan fingerprint density at radius 2 is 2.29 bits per heavy atom. The van der Waals surface area contributed by atoms with Crippen LogP contribution in [-0.4, -0.2) is 11.9 Å². The van der Waals surface area contributed by atoms with Gasteiger partial charge in [-0.1, -0.05) is 18.9 Å². The van der Waals surface area contributed by atoms with Gasteiger partial charge >= 0.3 is 11.9 Å². The van der Waals surface area contributed by atoms with Gasteiger partial charge in [0.05, 0.1) is 11.3 Å². The lowest BCUT2D eigenvalue weighted by atomic mass is 9.66. The molecule has 1 saturated heterocycles. The maximum atomic E-state index is 11.6. The minimum Gasteiger partial charge on any atom is -0.392 e. The highest BCUT2D eigenvalue weighted by Gasteiger charge is 2.57. The van der Waals surface area contributed by atoms with E-state index in [9.17, 15) is 9.59 Å². The van der Waals surface area contributed by atoms with Crippen molar-refractivity contribution in [1.82, 2.24) is 0 Å². The number of allylic oxidation sites excluding steroid dienone is 1. The van der Waals surface area contributed by atoms with Gasteiger partial charge in [0.15, 0.2) is 0 Å². The highest BCUT2D eigenvalue weighted by Crippen LogP contribution is 2.49. The van der Waals surface area contributed by atoms with E-state index in [1.165, 1.54) is 0 Å². The highest BCUT2D eigenvalue weighted by atomic mass is 16.6. The summed E-state index contributed by atoms with van der Waals surface area (Å²) in [5, 5.41) is 0. The third-order valence-corrected chi connectivity index (χ3v) is 3.43. The Labute approximate surface area is 83.1 Å². The zero-order chi connectivity index (χ0) is 10.2. The van der Waals surface area contributed by atoms with Crippen molar-refractivity contribution in [3.8, 4) is 0 Å². The minimum atomic E-state index is -0.558. The van der Waals surface area contributed by atoms with Crippen LogP contribution in [-0.2, 0) is 14.3 Å². The largest absolute Gasteiger partial charge is 0.392 e. The maximum absolute atomic E-state index is 11.6. The van der Waals surface area contributed by atoms with Gasteiger partial charge in [-0.2, -0.15) is 0 Å². The number of hydrogen-bond donors (Lipinski definition) is 0. The first-order chi connectivity index (χ1) is 6.70. The predicted octanol–water partition coefficient (Wildman–Crippen LogP) is 1.82. The fourth-order valence-electron chi connectivity index (χ4n) is 2.68. The number of ether oxygens (including phenoxy) is 1. The topological polar surface area (TPSA) is 43.4 Å². The minimum absolute atomic E-state index is 0.207. The molecule has 1 aliphatic carbocycles. The van der Waals surface area contributed by atoms with Gasteiger partial charge in [0, 0.05) is 0 Å². The second-order valence-electron chi connectivity index (χ2n) is 4.16. The fourth-order valence-corrected chi connectivity index (χ4v) is 2.68.